The Kier molecular flexibility index (Phi) is 7.43. The molecular weight excluding hydrogens is 293 g/mol. The van der Waals surface area contributed by atoms with E-state index in [0.717, 1.165) is 0 Å². The van der Waals surface area contributed by atoms with E-state index in [2.05, 4.69) is 0 Å². The zero-order chi connectivity index (χ0) is 15.7. The number of hydrogen-bond donors (Lipinski definition) is 1. The predicted molar refractivity (Wildman–Crippen MR) is 80.4 cm³/mol. The van der Waals surface area contributed by atoms with Gasteiger partial charge in [-0.25, -0.2) is 9.36 Å². The van der Waals surface area contributed by atoms with Crippen molar-refractivity contribution >= 4 is 13.6 Å². The summed E-state index contributed by atoms with van der Waals surface area (Å²) in [5.41, 5.74) is 5.47. The average molecular weight is 315 g/mol. The van der Waals surface area contributed by atoms with E-state index in [1.165, 1.54) is 0 Å². The van der Waals surface area contributed by atoms with Crippen molar-refractivity contribution in [2.24, 2.45) is 5.73 Å². The highest BCUT2D eigenvalue weighted by Gasteiger charge is 2.33. The number of benzene rings is 1. The number of para-hydroxylation sites is 1. The number of ether oxygens (including phenoxy) is 1. The molecule has 0 radical (unpaired) electrons. The van der Waals surface area contributed by atoms with Crippen molar-refractivity contribution in [2.45, 2.75) is 26.4 Å². The van der Waals surface area contributed by atoms with Crippen LogP contribution in [0.25, 0.3) is 0 Å². The van der Waals surface area contributed by atoms with Gasteiger partial charge in [0.2, 0.25) is 0 Å². The number of hydrogen-bond acceptors (Lipinski definition) is 6. The highest BCUT2D eigenvalue weighted by atomic mass is 31.2. The maximum Gasteiger partial charge on any atom is 0.381 e. The zero-order valence-electron chi connectivity index (χ0n) is 12.4. The Morgan fingerprint density at radius 2 is 1.95 bits per heavy atom. The molecule has 1 aromatic rings. The second kappa shape index (κ2) is 8.82. The van der Waals surface area contributed by atoms with E-state index < -0.39 is 19.7 Å². The molecule has 1 unspecified atom stereocenters. The third-order valence-electron chi connectivity index (χ3n) is 2.60. The van der Waals surface area contributed by atoms with Gasteiger partial charge in [-0.15, -0.1) is 0 Å². The SMILES string of the molecule is CCOC(=O)[C@@H](CC)OP(=O)(CCN)Oc1ccccc1. The van der Waals surface area contributed by atoms with Crippen molar-refractivity contribution in [1.82, 2.24) is 0 Å². The fraction of sp³-hybridized carbons (Fsp3) is 0.500. The van der Waals surface area contributed by atoms with Gasteiger partial charge >= 0.3 is 13.6 Å². The summed E-state index contributed by atoms with van der Waals surface area (Å²) in [6.45, 7) is 3.81. The molecule has 2 atom stereocenters. The highest BCUT2D eigenvalue weighted by molar-refractivity contribution is 7.54. The molecule has 1 rings (SSSR count). The van der Waals surface area contributed by atoms with E-state index in [0.29, 0.717) is 12.2 Å². The van der Waals surface area contributed by atoms with E-state index in [1.807, 2.05) is 6.07 Å². The van der Waals surface area contributed by atoms with Crippen molar-refractivity contribution in [1.29, 1.82) is 0 Å². The van der Waals surface area contributed by atoms with Crippen LogP contribution in [0.5, 0.6) is 5.75 Å². The second-order valence-corrected chi connectivity index (χ2v) is 6.34. The fourth-order valence-electron chi connectivity index (χ4n) is 1.63. The van der Waals surface area contributed by atoms with Gasteiger partial charge < -0.3 is 15.0 Å². The van der Waals surface area contributed by atoms with Crippen molar-refractivity contribution in [3.8, 4) is 5.75 Å². The van der Waals surface area contributed by atoms with Crippen molar-refractivity contribution in [2.75, 3.05) is 19.3 Å². The van der Waals surface area contributed by atoms with Crippen molar-refractivity contribution in [3.05, 3.63) is 30.3 Å². The molecule has 0 aromatic heterocycles. The van der Waals surface area contributed by atoms with Gasteiger partial charge in [0, 0.05) is 6.54 Å². The van der Waals surface area contributed by atoms with Crippen LogP contribution < -0.4 is 10.3 Å². The van der Waals surface area contributed by atoms with Crippen molar-refractivity contribution in [3.63, 3.8) is 0 Å². The Bertz CT molecular complexity index is 480. The smallest absolute Gasteiger partial charge is 0.381 e. The maximum atomic E-state index is 12.7. The lowest BCUT2D eigenvalue weighted by atomic mass is 10.3. The Balaban J connectivity index is 2.83. The molecule has 7 heteroatoms. The third kappa shape index (κ3) is 5.87. The zero-order valence-corrected chi connectivity index (χ0v) is 13.3. The predicted octanol–water partition coefficient (Wildman–Crippen LogP) is 2.58. The van der Waals surface area contributed by atoms with Crippen LogP contribution in [0.3, 0.4) is 0 Å². The lowest BCUT2D eigenvalue weighted by Gasteiger charge is -2.23. The first-order chi connectivity index (χ1) is 10.0. The van der Waals surface area contributed by atoms with E-state index in [-0.39, 0.29) is 19.3 Å². The Morgan fingerprint density at radius 1 is 1.29 bits per heavy atom. The molecule has 2 N–H and O–H groups in total. The summed E-state index contributed by atoms with van der Waals surface area (Å²) in [5.74, 6) is -0.137. The molecule has 0 aliphatic heterocycles. The third-order valence-corrected chi connectivity index (χ3v) is 4.47. The molecule has 0 fully saturated rings. The lowest BCUT2D eigenvalue weighted by molar-refractivity contribution is -0.151. The molecule has 0 bridgehead atoms. The van der Waals surface area contributed by atoms with Gasteiger partial charge in [-0.3, -0.25) is 4.52 Å². The minimum absolute atomic E-state index is 0.0256. The topological polar surface area (TPSA) is 87.9 Å². The first-order valence-corrected chi connectivity index (χ1v) is 8.66. The van der Waals surface area contributed by atoms with Gasteiger partial charge in [0.05, 0.1) is 12.8 Å². The molecular formula is C14H22NO5P. The molecule has 0 amide bonds. The van der Waals surface area contributed by atoms with Gasteiger partial charge in [0.1, 0.15) is 5.75 Å². The first kappa shape index (κ1) is 17.7. The summed E-state index contributed by atoms with van der Waals surface area (Å²) >= 11 is 0. The average Bonchev–Trinajstić information content (AvgIpc) is 2.46. The summed E-state index contributed by atoms with van der Waals surface area (Å²) in [4.78, 5) is 11.8. The van der Waals surface area contributed by atoms with E-state index in [9.17, 15) is 9.36 Å². The fourth-order valence-corrected chi connectivity index (χ4v) is 3.25. The molecule has 6 nitrogen and oxygen atoms in total. The molecule has 1 aromatic carbocycles. The van der Waals surface area contributed by atoms with E-state index in [1.54, 1.807) is 38.1 Å². The van der Waals surface area contributed by atoms with Crippen LogP contribution in [0.1, 0.15) is 20.3 Å². The monoisotopic (exact) mass is 315 g/mol. The summed E-state index contributed by atoms with van der Waals surface area (Å²) in [6, 6.07) is 8.65. The molecule has 0 heterocycles. The van der Waals surface area contributed by atoms with Crippen LogP contribution in [0.2, 0.25) is 0 Å². The second-order valence-electron chi connectivity index (χ2n) is 4.28. The molecule has 0 saturated carbocycles. The number of nitrogens with two attached hydrogens (primary N) is 1. The lowest BCUT2D eigenvalue weighted by Crippen LogP contribution is -2.27. The molecule has 0 aliphatic carbocycles. The molecule has 0 saturated heterocycles. The van der Waals surface area contributed by atoms with Crippen molar-refractivity contribution < 1.29 is 23.1 Å². The van der Waals surface area contributed by atoms with Crippen LogP contribution in [0.4, 0.5) is 0 Å². The van der Waals surface area contributed by atoms with Gasteiger partial charge in [-0.2, -0.15) is 0 Å². The summed E-state index contributed by atoms with van der Waals surface area (Å²) in [6.07, 6.45) is -0.561. The first-order valence-electron chi connectivity index (χ1n) is 6.93. The molecule has 21 heavy (non-hydrogen) atoms. The minimum Gasteiger partial charge on any atom is -0.464 e. The summed E-state index contributed by atoms with van der Waals surface area (Å²) < 4.78 is 28.5. The quantitative estimate of drug-likeness (QED) is 0.556. The summed E-state index contributed by atoms with van der Waals surface area (Å²) in [7, 11) is -3.52. The summed E-state index contributed by atoms with van der Waals surface area (Å²) in [5, 5.41) is 0. The Labute approximate surface area is 125 Å². The number of esters is 1. The molecule has 118 valence electrons. The Morgan fingerprint density at radius 3 is 2.48 bits per heavy atom. The molecule has 0 spiro atoms. The van der Waals surface area contributed by atoms with Crippen LogP contribution in [0.15, 0.2) is 30.3 Å². The highest BCUT2D eigenvalue weighted by Crippen LogP contribution is 2.49. The standard InChI is InChI=1S/C14H22NO5P/c1-3-13(14(16)18-4-2)20-21(17,11-10-15)19-12-8-6-5-7-9-12/h5-9,13H,3-4,10-11,15H2,1-2H3/t13-,21?/m1/s1. The Hall–Kier alpha value is -1.36. The number of carbonyl (C=O) groups is 1. The molecule has 0 aliphatic rings. The largest absolute Gasteiger partial charge is 0.464 e. The van der Waals surface area contributed by atoms with Crippen LogP contribution in [-0.4, -0.2) is 31.4 Å². The van der Waals surface area contributed by atoms with Gasteiger partial charge in [-0.1, -0.05) is 25.1 Å². The van der Waals surface area contributed by atoms with E-state index >= 15 is 0 Å². The van der Waals surface area contributed by atoms with Crippen LogP contribution in [-0.2, 0) is 18.6 Å². The normalized spacial score (nSPS) is 15.0. The minimum atomic E-state index is -3.52. The van der Waals surface area contributed by atoms with Gasteiger partial charge in [-0.05, 0) is 25.5 Å². The van der Waals surface area contributed by atoms with Crippen LogP contribution in [0, 0.1) is 0 Å². The van der Waals surface area contributed by atoms with Gasteiger partial charge in [0.15, 0.2) is 6.10 Å². The van der Waals surface area contributed by atoms with E-state index in [4.69, 9.17) is 19.5 Å². The van der Waals surface area contributed by atoms with Crippen LogP contribution >= 0.6 is 7.60 Å². The number of rotatable bonds is 9. The maximum absolute atomic E-state index is 12.7. The van der Waals surface area contributed by atoms with Gasteiger partial charge in [0.25, 0.3) is 0 Å². The number of carbonyl (C=O) groups excluding carboxylic acids is 1.